The Morgan fingerprint density at radius 2 is 1.88 bits per heavy atom. The molecule has 0 aliphatic rings. The van der Waals surface area contributed by atoms with Gasteiger partial charge in [0.1, 0.15) is 5.75 Å². The smallest absolute Gasteiger partial charge is 0.226 e. The van der Waals surface area contributed by atoms with Gasteiger partial charge in [0.15, 0.2) is 9.84 Å². The molecule has 0 aliphatic carbocycles. The number of imidazole rings is 1. The number of aromatic nitrogens is 2. The Morgan fingerprint density at radius 3 is 2.58 bits per heavy atom. The maximum Gasteiger partial charge on any atom is 0.226 e. The minimum absolute atomic E-state index is 0.153. The van der Waals surface area contributed by atoms with E-state index >= 15 is 0 Å². The average molecular weight is 373 g/mol. The fourth-order valence-electron chi connectivity index (χ4n) is 2.41. The van der Waals surface area contributed by atoms with Crippen molar-refractivity contribution >= 4 is 32.7 Å². The van der Waals surface area contributed by atoms with Crippen LogP contribution in [0.2, 0.25) is 0 Å². The normalized spacial score (nSPS) is 11.4. The second-order valence-corrected chi connectivity index (χ2v) is 7.86. The number of nitrogens with one attached hydrogen (secondary N) is 2. The van der Waals surface area contributed by atoms with Gasteiger partial charge < -0.3 is 9.72 Å². The summed E-state index contributed by atoms with van der Waals surface area (Å²) in [5.41, 5.74) is 1.66. The van der Waals surface area contributed by atoms with E-state index in [2.05, 4.69) is 15.3 Å². The molecular formula is C18H19N3O4S. The average Bonchev–Trinajstić information content (AvgIpc) is 3.00. The van der Waals surface area contributed by atoms with E-state index < -0.39 is 9.84 Å². The molecule has 0 fully saturated rings. The minimum Gasteiger partial charge on any atom is -0.494 e. The van der Waals surface area contributed by atoms with Crippen molar-refractivity contribution in [3.63, 3.8) is 0 Å². The third kappa shape index (κ3) is 4.60. The van der Waals surface area contributed by atoms with Crippen LogP contribution in [0.25, 0.3) is 11.0 Å². The number of benzene rings is 2. The molecule has 1 aromatic heterocycles. The third-order valence-electron chi connectivity index (χ3n) is 3.72. The zero-order valence-electron chi connectivity index (χ0n) is 14.2. The molecule has 26 heavy (non-hydrogen) atoms. The van der Waals surface area contributed by atoms with Gasteiger partial charge in [-0.25, -0.2) is 13.4 Å². The summed E-state index contributed by atoms with van der Waals surface area (Å²) in [5.74, 6) is 0.837. The second-order valence-electron chi connectivity index (χ2n) is 5.85. The molecule has 0 spiro atoms. The van der Waals surface area contributed by atoms with Crippen LogP contribution in [0.4, 0.5) is 5.95 Å². The predicted octanol–water partition coefficient (Wildman–Crippen LogP) is 2.76. The molecule has 1 amide bonds. The number of para-hydroxylation sites is 2. The molecule has 0 bridgehead atoms. The maximum atomic E-state index is 12.0. The maximum absolute atomic E-state index is 12.0. The van der Waals surface area contributed by atoms with E-state index in [0.29, 0.717) is 31.1 Å². The lowest BCUT2D eigenvalue weighted by atomic mass is 10.3. The van der Waals surface area contributed by atoms with Crippen LogP contribution in [0.15, 0.2) is 53.4 Å². The van der Waals surface area contributed by atoms with Crippen molar-refractivity contribution in [2.24, 2.45) is 0 Å². The first-order valence-corrected chi connectivity index (χ1v) is 9.98. The Hall–Kier alpha value is -2.87. The molecule has 3 rings (SSSR count). The highest BCUT2D eigenvalue weighted by Gasteiger charge is 2.08. The Balaban J connectivity index is 1.43. The molecule has 2 aromatic carbocycles. The summed E-state index contributed by atoms with van der Waals surface area (Å²) < 4.78 is 28.3. The Kier molecular flexibility index (Phi) is 5.22. The fourth-order valence-corrected chi connectivity index (χ4v) is 3.04. The van der Waals surface area contributed by atoms with Crippen LogP contribution in [0.3, 0.4) is 0 Å². The van der Waals surface area contributed by atoms with Crippen LogP contribution in [0.1, 0.15) is 12.8 Å². The van der Waals surface area contributed by atoms with E-state index in [9.17, 15) is 13.2 Å². The largest absolute Gasteiger partial charge is 0.494 e. The van der Waals surface area contributed by atoms with E-state index in [1.807, 2.05) is 24.3 Å². The summed E-state index contributed by atoms with van der Waals surface area (Å²) in [7, 11) is -3.21. The van der Waals surface area contributed by atoms with Crippen molar-refractivity contribution in [1.82, 2.24) is 9.97 Å². The SMILES string of the molecule is CS(=O)(=O)c1ccc(OCCCC(=O)Nc2nc3ccccc3[nH]2)cc1. The van der Waals surface area contributed by atoms with Crippen molar-refractivity contribution in [3.05, 3.63) is 48.5 Å². The molecular weight excluding hydrogens is 354 g/mol. The van der Waals surface area contributed by atoms with E-state index in [4.69, 9.17) is 4.74 Å². The number of carbonyl (C=O) groups is 1. The molecule has 0 atom stereocenters. The van der Waals surface area contributed by atoms with Crippen LogP contribution in [-0.2, 0) is 14.6 Å². The second kappa shape index (κ2) is 7.57. The standard InChI is InChI=1S/C18H19N3O4S/c1-26(23,24)14-10-8-13(9-11-14)25-12-4-7-17(22)21-18-19-15-5-2-3-6-16(15)20-18/h2-3,5-6,8-11H,4,7,12H2,1H3,(H2,19,20,21,22). The predicted molar refractivity (Wildman–Crippen MR) is 99.0 cm³/mol. The summed E-state index contributed by atoms with van der Waals surface area (Å²) in [4.78, 5) is 19.5. The van der Waals surface area contributed by atoms with Gasteiger partial charge in [-0.05, 0) is 42.8 Å². The highest BCUT2D eigenvalue weighted by molar-refractivity contribution is 7.90. The first-order chi connectivity index (χ1) is 12.4. The van der Waals surface area contributed by atoms with Crippen molar-refractivity contribution in [3.8, 4) is 5.75 Å². The molecule has 0 radical (unpaired) electrons. The number of anilines is 1. The van der Waals surface area contributed by atoms with Gasteiger partial charge in [0.05, 0.1) is 22.5 Å². The van der Waals surface area contributed by atoms with E-state index in [0.717, 1.165) is 17.3 Å². The van der Waals surface area contributed by atoms with Gasteiger partial charge in [-0.1, -0.05) is 12.1 Å². The number of sulfone groups is 1. The van der Waals surface area contributed by atoms with Gasteiger partial charge in [0, 0.05) is 12.7 Å². The van der Waals surface area contributed by atoms with Crippen LogP contribution in [0, 0.1) is 0 Å². The van der Waals surface area contributed by atoms with Gasteiger partial charge in [-0.2, -0.15) is 0 Å². The number of aromatic amines is 1. The third-order valence-corrected chi connectivity index (χ3v) is 4.84. The van der Waals surface area contributed by atoms with Crippen LogP contribution in [0.5, 0.6) is 5.75 Å². The quantitative estimate of drug-likeness (QED) is 0.620. The van der Waals surface area contributed by atoms with Gasteiger partial charge in [0.2, 0.25) is 11.9 Å². The number of H-pyrrole nitrogens is 1. The molecule has 8 heteroatoms. The number of amides is 1. The van der Waals surface area contributed by atoms with Gasteiger partial charge in [-0.3, -0.25) is 10.1 Å². The highest BCUT2D eigenvalue weighted by Crippen LogP contribution is 2.16. The number of ether oxygens (including phenoxy) is 1. The Bertz CT molecular complexity index is 977. The number of fused-ring (bicyclic) bond motifs is 1. The molecule has 0 aliphatic heterocycles. The van der Waals surface area contributed by atoms with Crippen LogP contribution >= 0.6 is 0 Å². The number of hydrogen-bond acceptors (Lipinski definition) is 5. The zero-order valence-corrected chi connectivity index (χ0v) is 15.0. The lowest BCUT2D eigenvalue weighted by Crippen LogP contribution is -2.13. The topological polar surface area (TPSA) is 101 Å². The van der Waals surface area contributed by atoms with Gasteiger partial charge >= 0.3 is 0 Å². The zero-order chi connectivity index (χ0) is 18.6. The molecule has 136 valence electrons. The van der Waals surface area contributed by atoms with Crippen molar-refractivity contribution in [1.29, 1.82) is 0 Å². The summed E-state index contributed by atoms with van der Waals surface area (Å²) >= 11 is 0. The number of nitrogens with zero attached hydrogens (tertiary/aromatic N) is 1. The van der Waals surface area contributed by atoms with Gasteiger partial charge in [-0.15, -0.1) is 0 Å². The number of hydrogen-bond donors (Lipinski definition) is 2. The summed E-state index contributed by atoms with van der Waals surface area (Å²) in [6, 6.07) is 13.7. The lowest BCUT2D eigenvalue weighted by Gasteiger charge is -2.07. The van der Waals surface area contributed by atoms with E-state index in [1.54, 1.807) is 12.1 Å². The minimum atomic E-state index is -3.21. The summed E-state index contributed by atoms with van der Waals surface area (Å²) in [5, 5.41) is 2.73. The van der Waals surface area contributed by atoms with Crippen molar-refractivity contribution < 1.29 is 17.9 Å². The molecule has 2 N–H and O–H groups in total. The van der Waals surface area contributed by atoms with Crippen LogP contribution < -0.4 is 10.1 Å². The molecule has 3 aromatic rings. The highest BCUT2D eigenvalue weighted by atomic mass is 32.2. The fraction of sp³-hybridized carbons (Fsp3) is 0.222. The lowest BCUT2D eigenvalue weighted by molar-refractivity contribution is -0.116. The molecule has 7 nitrogen and oxygen atoms in total. The summed E-state index contributed by atoms with van der Waals surface area (Å²) in [6.07, 6.45) is 1.97. The first kappa shape index (κ1) is 17.9. The van der Waals surface area contributed by atoms with Crippen molar-refractivity contribution in [2.75, 3.05) is 18.2 Å². The molecule has 1 heterocycles. The molecule has 0 saturated carbocycles. The number of rotatable bonds is 7. The monoisotopic (exact) mass is 373 g/mol. The van der Waals surface area contributed by atoms with E-state index in [1.165, 1.54) is 12.1 Å². The summed E-state index contributed by atoms with van der Waals surface area (Å²) in [6.45, 7) is 0.353. The molecule has 0 unspecified atom stereocenters. The van der Waals surface area contributed by atoms with Crippen molar-refractivity contribution in [2.45, 2.75) is 17.7 Å². The number of carbonyl (C=O) groups excluding carboxylic acids is 1. The van der Waals surface area contributed by atoms with Gasteiger partial charge in [0.25, 0.3) is 0 Å². The Morgan fingerprint density at radius 1 is 1.15 bits per heavy atom. The van der Waals surface area contributed by atoms with Crippen LogP contribution in [-0.4, -0.2) is 37.2 Å². The van der Waals surface area contributed by atoms with E-state index in [-0.39, 0.29) is 10.8 Å². The first-order valence-electron chi connectivity index (χ1n) is 8.09. The Labute approximate surface area is 151 Å². The molecule has 0 saturated heterocycles.